The Hall–Kier alpha value is -2.20. The number of carboxylic acid groups (broad SMARTS) is 1. The van der Waals surface area contributed by atoms with Gasteiger partial charge in [0.05, 0.1) is 6.04 Å². The minimum Gasteiger partial charge on any atom is -0.480 e. The van der Waals surface area contributed by atoms with Gasteiger partial charge in [-0.05, 0) is 45.6 Å². The zero-order valence-electron chi connectivity index (χ0n) is 16.5. The lowest BCUT2D eigenvalue weighted by molar-refractivity contribution is -0.142. The predicted octanol–water partition coefficient (Wildman–Crippen LogP) is -1.32. The predicted molar refractivity (Wildman–Crippen MR) is 100 cm³/mol. The Labute approximate surface area is 159 Å². The van der Waals surface area contributed by atoms with E-state index in [-0.39, 0.29) is 12.3 Å². The quantitative estimate of drug-likeness (QED) is 0.225. The van der Waals surface area contributed by atoms with E-state index < -0.39 is 47.9 Å². The molecule has 0 aliphatic carbocycles. The Balaban J connectivity index is 4.83. The minimum atomic E-state index is -1.15. The van der Waals surface area contributed by atoms with E-state index in [0.717, 1.165) is 0 Å². The van der Waals surface area contributed by atoms with Crippen molar-refractivity contribution in [3.63, 3.8) is 0 Å². The number of amides is 3. The van der Waals surface area contributed by atoms with E-state index in [2.05, 4.69) is 16.0 Å². The molecule has 156 valence electrons. The van der Waals surface area contributed by atoms with Gasteiger partial charge < -0.3 is 32.5 Å². The minimum absolute atomic E-state index is 0.231. The monoisotopic (exact) mass is 387 g/mol. The first-order valence-electron chi connectivity index (χ1n) is 9.10. The highest BCUT2D eigenvalue weighted by Crippen LogP contribution is 2.04. The summed E-state index contributed by atoms with van der Waals surface area (Å²) in [5, 5.41) is 16.6. The van der Waals surface area contributed by atoms with Crippen molar-refractivity contribution in [3.05, 3.63) is 0 Å². The summed E-state index contributed by atoms with van der Waals surface area (Å²) in [6.45, 7) is 6.87. The van der Waals surface area contributed by atoms with E-state index in [0.29, 0.717) is 19.4 Å². The van der Waals surface area contributed by atoms with Gasteiger partial charge >= 0.3 is 5.97 Å². The standard InChI is InChI=1S/C17H33N5O5/c1-9(2)13(22-14(23)10(3)19)16(25)20-11(4)15(24)21-12(17(26)27)7-5-6-8-18/h9-13H,5-8,18-19H2,1-4H3,(H,20,25)(H,21,24)(H,22,23)(H,26,27)/t10-,11-,12-,13-/m0/s1. The van der Waals surface area contributed by atoms with Crippen molar-refractivity contribution in [2.45, 2.75) is 71.1 Å². The van der Waals surface area contributed by atoms with E-state index >= 15 is 0 Å². The number of rotatable bonds is 12. The molecule has 0 aromatic carbocycles. The molecule has 8 N–H and O–H groups in total. The summed E-state index contributed by atoms with van der Waals surface area (Å²) in [5.41, 5.74) is 10.9. The smallest absolute Gasteiger partial charge is 0.326 e. The van der Waals surface area contributed by atoms with Crippen molar-refractivity contribution in [2.75, 3.05) is 6.54 Å². The number of aliphatic carboxylic acids is 1. The number of unbranched alkanes of at least 4 members (excludes halogenated alkanes) is 1. The van der Waals surface area contributed by atoms with Crippen LogP contribution in [-0.2, 0) is 19.2 Å². The van der Waals surface area contributed by atoms with Gasteiger partial charge in [-0.3, -0.25) is 14.4 Å². The molecule has 27 heavy (non-hydrogen) atoms. The number of hydrogen-bond donors (Lipinski definition) is 6. The van der Waals surface area contributed by atoms with Crippen LogP contribution >= 0.6 is 0 Å². The van der Waals surface area contributed by atoms with Crippen LogP contribution in [0.2, 0.25) is 0 Å². The van der Waals surface area contributed by atoms with Gasteiger partial charge in [0, 0.05) is 0 Å². The molecule has 0 saturated carbocycles. The topological polar surface area (TPSA) is 177 Å². The molecule has 0 spiro atoms. The zero-order valence-corrected chi connectivity index (χ0v) is 16.5. The molecule has 0 saturated heterocycles. The summed E-state index contributed by atoms with van der Waals surface area (Å²) >= 11 is 0. The van der Waals surface area contributed by atoms with Gasteiger partial charge in [-0.25, -0.2) is 4.79 Å². The van der Waals surface area contributed by atoms with Crippen molar-refractivity contribution in [2.24, 2.45) is 17.4 Å². The summed E-state index contributed by atoms with van der Waals surface area (Å²) in [6, 6.07) is -3.66. The van der Waals surface area contributed by atoms with Crippen LogP contribution in [0.1, 0.15) is 47.0 Å². The molecule has 3 amide bonds. The maximum Gasteiger partial charge on any atom is 0.326 e. The first-order valence-corrected chi connectivity index (χ1v) is 9.10. The van der Waals surface area contributed by atoms with Crippen LogP contribution in [0.25, 0.3) is 0 Å². The Morgan fingerprint density at radius 2 is 1.48 bits per heavy atom. The molecule has 0 aliphatic heterocycles. The van der Waals surface area contributed by atoms with Crippen molar-refractivity contribution in [1.82, 2.24) is 16.0 Å². The molecule has 10 heteroatoms. The fourth-order valence-corrected chi connectivity index (χ4v) is 2.24. The number of hydrogen-bond acceptors (Lipinski definition) is 6. The largest absolute Gasteiger partial charge is 0.480 e. The lowest BCUT2D eigenvalue weighted by Gasteiger charge is -2.25. The van der Waals surface area contributed by atoms with E-state index in [1.807, 2.05) is 0 Å². The summed E-state index contributed by atoms with van der Waals surface area (Å²) in [7, 11) is 0. The van der Waals surface area contributed by atoms with Gasteiger partial charge in [0.15, 0.2) is 0 Å². The molecule has 0 rings (SSSR count). The average Bonchev–Trinajstić information content (AvgIpc) is 2.57. The maximum absolute atomic E-state index is 12.4. The lowest BCUT2D eigenvalue weighted by atomic mass is 10.0. The van der Waals surface area contributed by atoms with Gasteiger partial charge in [-0.2, -0.15) is 0 Å². The highest BCUT2D eigenvalue weighted by atomic mass is 16.4. The van der Waals surface area contributed by atoms with Crippen LogP contribution in [0.5, 0.6) is 0 Å². The second kappa shape index (κ2) is 12.2. The van der Waals surface area contributed by atoms with Gasteiger partial charge in [0.25, 0.3) is 0 Å². The molecular formula is C17H33N5O5. The summed E-state index contributed by atoms with van der Waals surface area (Å²) in [4.78, 5) is 47.7. The molecule has 0 heterocycles. The van der Waals surface area contributed by atoms with E-state index in [4.69, 9.17) is 11.5 Å². The third kappa shape index (κ3) is 9.34. The molecule has 10 nitrogen and oxygen atoms in total. The van der Waals surface area contributed by atoms with Crippen LogP contribution in [-0.4, -0.2) is 59.5 Å². The van der Waals surface area contributed by atoms with Crippen LogP contribution in [0, 0.1) is 5.92 Å². The molecule has 0 bridgehead atoms. The number of carbonyl (C=O) groups is 4. The van der Waals surface area contributed by atoms with Crippen LogP contribution in [0.15, 0.2) is 0 Å². The molecule has 0 unspecified atom stereocenters. The first-order chi connectivity index (χ1) is 12.5. The van der Waals surface area contributed by atoms with E-state index in [1.54, 1.807) is 13.8 Å². The van der Waals surface area contributed by atoms with Gasteiger partial charge in [-0.1, -0.05) is 13.8 Å². The fourth-order valence-electron chi connectivity index (χ4n) is 2.24. The molecule has 0 radical (unpaired) electrons. The summed E-state index contributed by atoms with van der Waals surface area (Å²) < 4.78 is 0. The maximum atomic E-state index is 12.4. The molecule has 0 fully saturated rings. The summed E-state index contributed by atoms with van der Waals surface area (Å²) in [6.07, 6.45) is 1.46. The molecule has 0 aromatic heterocycles. The number of carboxylic acids is 1. The Morgan fingerprint density at radius 3 is 1.93 bits per heavy atom. The van der Waals surface area contributed by atoms with Crippen LogP contribution in [0.3, 0.4) is 0 Å². The number of nitrogens with one attached hydrogen (secondary N) is 3. The van der Waals surface area contributed by atoms with Crippen molar-refractivity contribution >= 4 is 23.7 Å². The number of carbonyl (C=O) groups excluding carboxylic acids is 3. The van der Waals surface area contributed by atoms with Crippen LogP contribution in [0.4, 0.5) is 0 Å². The first kappa shape index (κ1) is 24.8. The van der Waals surface area contributed by atoms with Crippen molar-refractivity contribution in [1.29, 1.82) is 0 Å². The molecule has 0 aliphatic rings. The third-order valence-corrected chi connectivity index (χ3v) is 3.97. The Kier molecular flexibility index (Phi) is 11.2. The average molecular weight is 387 g/mol. The van der Waals surface area contributed by atoms with Gasteiger partial charge in [0.2, 0.25) is 17.7 Å². The lowest BCUT2D eigenvalue weighted by Crippen LogP contribution is -2.57. The Morgan fingerprint density at radius 1 is 0.889 bits per heavy atom. The van der Waals surface area contributed by atoms with Gasteiger partial charge in [-0.15, -0.1) is 0 Å². The highest BCUT2D eigenvalue weighted by Gasteiger charge is 2.29. The molecule has 0 aromatic rings. The zero-order chi connectivity index (χ0) is 21.1. The van der Waals surface area contributed by atoms with Gasteiger partial charge in [0.1, 0.15) is 18.1 Å². The summed E-state index contributed by atoms with van der Waals surface area (Å²) in [5.74, 6) is -3.03. The van der Waals surface area contributed by atoms with E-state index in [1.165, 1.54) is 13.8 Å². The highest BCUT2D eigenvalue weighted by molar-refractivity contribution is 5.93. The molecular weight excluding hydrogens is 354 g/mol. The second-order valence-corrected chi connectivity index (χ2v) is 6.93. The molecule has 4 atom stereocenters. The fraction of sp³-hybridized carbons (Fsp3) is 0.765. The van der Waals surface area contributed by atoms with E-state index in [9.17, 15) is 24.3 Å². The normalized spacial score (nSPS) is 15.4. The Bertz CT molecular complexity index is 524. The number of nitrogens with two attached hydrogens (primary N) is 2. The van der Waals surface area contributed by atoms with Crippen molar-refractivity contribution < 1.29 is 24.3 Å². The second-order valence-electron chi connectivity index (χ2n) is 6.93. The third-order valence-electron chi connectivity index (χ3n) is 3.97. The van der Waals surface area contributed by atoms with Crippen LogP contribution < -0.4 is 27.4 Å². The SMILES string of the molecule is CC(C)[C@H](NC(=O)[C@H](C)N)C(=O)N[C@@H](C)C(=O)N[C@@H](CCCCN)C(=O)O. The van der Waals surface area contributed by atoms with Crippen molar-refractivity contribution in [3.8, 4) is 0 Å².